The molecule has 1 saturated heterocycles. The van der Waals surface area contributed by atoms with Crippen LogP contribution in [0.4, 0.5) is 5.13 Å². The van der Waals surface area contributed by atoms with E-state index >= 15 is 0 Å². The number of aromatic nitrogens is 4. The van der Waals surface area contributed by atoms with E-state index in [0.29, 0.717) is 22.4 Å². The number of ether oxygens (including phenoxy) is 1. The van der Waals surface area contributed by atoms with Crippen molar-refractivity contribution in [2.45, 2.75) is 6.42 Å². The summed E-state index contributed by atoms with van der Waals surface area (Å²) in [4.78, 5) is 17.9. The molecule has 0 aliphatic carbocycles. The molecule has 9 heteroatoms. The molecule has 1 fully saturated rings. The molecule has 0 amide bonds. The fourth-order valence-electron chi connectivity index (χ4n) is 3.14. The van der Waals surface area contributed by atoms with Crippen molar-refractivity contribution in [1.82, 2.24) is 24.2 Å². The molecular weight excluding hydrogens is 396 g/mol. The summed E-state index contributed by atoms with van der Waals surface area (Å²) < 4.78 is 9.65. The summed E-state index contributed by atoms with van der Waals surface area (Å²) in [5.41, 5.74) is 1.96. The Morgan fingerprint density at radius 1 is 1.11 bits per heavy atom. The highest BCUT2D eigenvalue weighted by atomic mass is 35.5. The second-order valence-corrected chi connectivity index (χ2v) is 7.71. The van der Waals surface area contributed by atoms with Gasteiger partial charge in [0.2, 0.25) is 11.0 Å². The van der Waals surface area contributed by atoms with Gasteiger partial charge in [-0.2, -0.15) is 9.36 Å². The molecule has 0 atom stereocenters. The maximum absolute atomic E-state index is 6.04. The average Bonchev–Trinajstić information content (AvgIpc) is 3.23. The minimum atomic E-state index is 0.636. The lowest BCUT2D eigenvalue weighted by Crippen LogP contribution is -2.47. The summed E-state index contributed by atoms with van der Waals surface area (Å²) in [6, 6.07) is 7.59. The van der Waals surface area contributed by atoms with E-state index in [9.17, 15) is 0 Å². The minimum Gasteiger partial charge on any atom is -0.481 e. The van der Waals surface area contributed by atoms with Gasteiger partial charge in [0.15, 0.2) is 5.82 Å². The first-order valence-corrected chi connectivity index (χ1v) is 10.3. The third kappa shape index (κ3) is 4.57. The van der Waals surface area contributed by atoms with Gasteiger partial charge in [0.25, 0.3) is 0 Å². The summed E-state index contributed by atoms with van der Waals surface area (Å²) in [6.45, 7) is 4.92. The van der Waals surface area contributed by atoms with E-state index in [1.54, 1.807) is 31.6 Å². The van der Waals surface area contributed by atoms with Crippen LogP contribution in [0.5, 0.6) is 5.88 Å². The predicted molar refractivity (Wildman–Crippen MR) is 111 cm³/mol. The van der Waals surface area contributed by atoms with Crippen LogP contribution in [0.25, 0.3) is 11.5 Å². The van der Waals surface area contributed by atoms with Gasteiger partial charge in [0.05, 0.1) is 7.11 Å². The number of hydrogen-bond donors (Lipinski definition) is 0. The van der Waals surface area contributed by atoms with Gasteiger partial charge >= 0.3 is 0 Å². The zero-order chi connectivity index (χ0) is 19.3. The van der Waals surface area contributed by atoms with Crippen molar-refractivity contribution in [2.75, 3.05) is 44.7 Å². The highest BCUT2D eigenvalue weighted by Gasteiger charge is 2.20. The Labute approximate surface area is 173 Å². The Morgan fingerprint density at radius 3 is 2.71 bits per heavy atom. The van der Waals surface area contributed by atoms with Crippen molar-refractivity contribution in [3.63, 3.8) is 0 Å². The van der Waals surface area contributed by atoms with E-state index < -0.39 is 0 Å². The standard InChI is InChI=1S/C19H21ClN6OS/c1-27-17-12-14(2-5-22-17)4-7-25-8-10-26(11-9-25)19-23-18(24-28-19)16-13-15(20)3-6-21-16/h2-3,5-6,12-13H,4,7-11H2,1H3. The van der Waals surface area contributed by atoms with Gasteiger partial charge in [-0.3, -0.25) is 9.88 Å². The van der Waals surface area contributed by atoms with Crippen molar-refractivity contribution in [3.05, 3.63) is 47.2 Å². The first-order valence-electron chi connectivity index (χ1n) is 9.13. The number of rotatable bonds is 6. The van der Waals surface area contributed by atoms with Crippen LogP contribution in [0.3, 0.4) is 0 Å². The van der Waals surface area contributed by atoms with Crippen LogP contribution in [0.2, 0.25) is 5.02 Å². The number of methoxy groups -OCH3 is 1. The largest absolute Gasteiger partial charge is 0.481 e. The van der Waals surface area contributed by atoms with Gasteiger partial charge in [-0.25, -0.2) is 4.98 Å². The molecule has 0 N–H and O–H groups in total. The number of anilines is 1. The molecule has 0 aromatic carbocycles. The molecule has 0 spiro atoms. The van der Waals surface area contributed by atoms with Crippen LogP contribution in [-0.2, 0) is 6.42 Å². The molecule has 0 saturated carbocycles. The molecule has 3 aromatic rings. The molecule has 1 aliphatic rings. The average molecular weight is 417 g/mol. The number of pyridine rings is 2. The molecule has 1 aliphatic heterocycles. The number of hydrogen-bond acceptors (Lipinski definition) is 8. The van der Waals surface area contributed by atoms with Crippen molar-refractivity contribution in [1.29, 1.82) is 0 Å². The quantitative estimate of drug-likeness (QED) is 0.611. The van der Waals surface area contributed by atoms with Crippen molar-refractivity contribution in [3.8, 4) is 17.4 Å². The molecule has 146 valence electrons. The van der Waals surface area contributed by atoms with Crippen LogP contribution in [0.1, 0.15) is 5.56 Å². The van der Waals surface area contributed by atoms with E-state index in [2.05, 4.69) is 29.1 Å². The topological polar surface area (TPSA) is 67.3 Å². The Kier molecular flexibility index (Phi) is 5.99. The Morgan fingerprint density at radius 2 is 1.93 bits per heavy atom. The summed E-state index contributed by atoms with van der Waals surface area (Å²) in [5.74, 6) is 1.31. The Hall–Kier alpha value is -2.29. The van der Waals surface area contributed by atoms with E-state index in [-0.39, 0.29) is 0 Å². The van der Waals surface area contributed by atoms with E-state index in [1.807, 2.05) is 12.1 Å². The van der Waals surface area contributed by atoms with E-state index in [4.69, 9.17) is 16.3 Å². The van der Waals surface area contributed by atoms with Gasteiger partial charge in [-0.05, 0) is 30.2 Å². The van der Waals surface area contributed by atoms with Crippen LogP contribution in [0.15, 0.2) is 36.7 Å². The van der Waals surface area contributed by atoms with Crippen molar-refractivity contribution < 1.29 is 4.74 Å². The molecule has 0 bridgehead atoms. The molecule has 4 heterocycles. The maximum Gasteiger partial charge on any atom is 0.213 e. The predicted octanol–water partition coefficient (Wildman–Crippen LogP) is 3.02. The molecule has 3 aromatic heterocycles. The van der Waals surface area contributed by atoms with E-state index in [0.717, 1.165) is 44.3 Å². The highest BCUT2D eigenvalue weighted by Crippen LogP contribution is 2.25. The number of piperazine rings is 1. The van der Waals surface area contributed by atoms with Gasteiger partial charge in [-0.15, -0.1) is 0 Å². The molecule has 7 nitrogen and oxygen atoms in total. The lowest BCUT2D eigenvalue weighted by Gasteiger charge is -2.34. The van der Waals surface area contributed by atoms with Crippen LogP contribution >= 0.6 is 23.1 Å². The second kappa shape index (κ2) is 8.81. The number of halogens is 1. The Balaban J connectivity index is 1.30. The lowest BCUT2D eigenvalue weighted by molar-refractivity contribution is 0.261. The summed E-state index contributed by atoms with van der Waals surface area (Å²) >= 11 is 7.45. The molecule has 28 heavy (non-hydrogen) atoms. The first kappa shape index (κ1) is 19.0. The lowest BCUT2D eigenvalue weighted by atomic mass is 10.2. The van der Waals surface area contributed by atoms with Crippen LogP contribution in [-0.4, -0.2) is 64.1 Å². The molecular formula is C19H21ClN6OS. The summed E-state index contributed by atoms with van der Waals surface area (Å²) in [6.07, 6.45) is 4.46. The van der Waals surface area contributed by atoms with Gasteiger partial charge in [-0.1, -0.05) is 11.6 Å². The smallest absolute Gasteiger partial charge is 0.213 e. The SMILES string of the molecule is COc1cc(CCN2CCN(c3nc(-c4cc(Cl)ccn4)ns3)CC2)ccn1. The highest BCUT2D eigenvalue weighted by molar-refractivity contribution is 7.09. The van der Waals surface area contributed by atoms with Gasteiger partial charge < -0.3 is 9.64 Å². The normalized spacial score (nSPS) is 15.0. The molecule has 4 rings (SSSR count). The third-order valence-electron chi connectivity index (χ3n) is 4.73. The maximum atomic E-state index is 6.04. The first-order chi connectivity index (χ1) is 13.7. The molecule has 0 unspecified atom stereocenters. The van der Waals surface area contributed by atoms with Gasteiger partial charge in [0, 0.05) is 67.7 Å². The van der Waals surface area contributed by atoms with E-state index in [1.165, 1.54) is 17.1 Å². The van der Waals surface area contributed by atoms with Gasteiger partial charge in [0.1, 0.15) is 5.69 Å². The fourth-order valence-corrected chi connectivity index (χ4v) is 4.03. The van der Waals surface area contributed by atoms with Crippen molar-refractivity contribution in [2.24, 2.45) is 0 Å². The van der Waals surface area contributed by atoms with Crippen LogP contribution < -0.4 is 9.64 Å². The second-order valence-electron chi connectivity index (χ2n) is 6.54. The fraction of sp³-hybridized carbons (Fsp3) is 0.368. The van der Waals surface area contributed by atoms with Crippen molar-refractivity contribution >= 4 is 28.3 Å². The Bertz CT molecular complexity index is 928. The molecule has 0 radical (unpaired) electrons. The third-order valence-corrected chi connectivity index (χ3v) is 5.75. The minimum absolute atomic E-state index is 0.636. The van der Waals surface area contributed by atoms with Crippen LogP contribution in [0, 0.1) is 0 Å². The number of nitrogens with zero attached hydrogens (tertiary/aromatic N) is 6. The zero-order valence-corrected chi connectivity index (χ0v) is 17.2. The summed E-state index contributed by atoms with van der Waals surface area (Å²) in [5, 5.41) is 1.58. The summed E-state index contributed by atoms with van der Waals surface area (Å²) in [7, 11) is 1.65. The zero-order valence-electron chi connectivity index (χ0n) is 15.6. The monoisotopic (exact) mass is 416 g/mol.